The number of thioether (sulfide) groups is 1. The minimum atomic E-state index is -0.325. The molecule has 1 aromatic heterocycles. The minimum Gasteiger partial charge on any atom is -0.455 e. The fourth-order valence-corrected chi connectivity index (χ4v) is 4.67. The normalized spacial score (nSPS) is 17.6. The third kappa shape index (κ3) is 5.15. The van der Waals surface area contributed by atoms with E-state index in [9.17, 15) is 4.79 Å². The van der Waals surface area contributed by atoms with Crippen LogP contribution in [0, 0.1) is 0 Å². The van der Waals surface area contributed by atoms with E-state index in [2.05, 4.69) is 16.8 Å². The Labute approximate surface area is 200 Å². The molecule has 5 nitrogen and oxygen atoms in total. The molecule has 0 spiro atoms. The van der Waals surface area contributed by atoms with Crippen LogP contribution < -0.4 is 0 Å². The molecule has 32 heavy (non-hydrogen) atoms. The van der Waals surface area contributed by atoms with Gasteiger partial charge in [0.15, 0.2) is 5.17 Å². The molecule has 4 rings (SSSR count). The lowest BCUT2D eigenvalue weighted by Gasteiger charge is -2.13. The van der Waals surface area contributed by atoms with E-state index < -0.39 is 0 Å². The molecule has 0 bridgehead atoms. The Balaban J connectivity index is 1.48. The maximum absolute atomic E-state index is 12.9. The summed E-state index contributed by atoms with van der Waals surface area (Å²) in [5, 5.41) is 9.57. The maximum Gasteiger partial charge on any atom is 0.242 e. The Morgan fingerprint density at radius 2 is 1.91 bits per heavy atom. The zero-order chi connectivity index (χ0) is 22.5. The second-order valence-electron chi connectivity index (χ2n) is 6.99. The number of benzene rings is 2. The van der Waals surface area contributed by atoms with Gasteiger partial charge in [0.2, 0.25) is 5.91 Å². The van der Waals surface area contributed by atoms with E-state index >= 15 is 0 Å². The van der Waals surface area contributed by atoms with Crippen molar-refractivity contribution in [2.24, 2.45) is 10.2 Å². The Bertz CT molecular complexity index is 1190. The summed E-state index contributed by atoms with van der Waals surface area (Å²) in [6.07, 6.45) is 3.70. The number of furan rings is 1. The SMILES string of the molecule is C=CCN1C(=O)C(Cc2ccc(Cl)c(Cl)c2)S/C1=N\N=C\c1ccc(-c2ccccc2)o1. The summed E-state index contributed by atoms with van der Waals surface area (Å²) in [5.41, 5.74) is 1.91. The molecule has 2 heterocycles. The molecule has 3 aromatic rings. The summed E-state index contributed by atoms with van der Waals surface area (Å²) in [6, 6.07) is 18.9. The first kappa shape index (κ1) is 22.4. The molecule has 1 atom stereocenters. The number of halogens is 2. The van der Waals surface area contributed by atoms with Crippen LogP contribution in [0.4, 0.5) is 0 Å². The molecular formula is C24H19Cl2N3O2S. The molecule has 162 valence electrons. The zero-order valence-corrected chi connectivity index (χ0v) is 19.3. The van der Waals surface area contributed by atoms with Crippen molar-refractivity contribution in [1.29, 1.82) is 0 Å². The molecular weight excluding hydrogens is 465 g/mol. The highest BCUT2D eigenvalue weighted by molar-refractivity contribution is 8.15. The van der Waals surface area contributed by atoms with Gasteiger partial charge in [-0.2, -0.15) is 5.10 Å². The topological polar surface area (TPSA) is 58.2 Å². The van der Waals surface area contributed by atoms with Crippen molar-refractivity contribution < 1.29 is 9.21 Å². The van der Waals surface area contributed by atoms with Gasteiger partial charge in [0.1, 0.15) is 11.5 Å². The number of amidine groups is 1. The lowest BCUT2D eigenvalue weighted by Crippen LogP contribution is -2.32. The van der Waals surface area contributed by atoms with Crippen LogP contribution in [0.1, 0.15) is 11.3 Å². The quantitative estimate of drug-likeness (QED) is 0.224. The third-order valence-electron chi connectivity index (χ3n) is 4.75. The molecule has 8 heteroatoms. The Kier molecular flexibility index (Phi) is 7.15. The van der Waals surface area contributed by atoms with Gasteiger partial charge in [-0.25, -0.2) is 0 Å². The molecule has 1 unspecified atom stereocenters. The fourth-order valence-electron chi connectivity index (χ4n) is 3.21. The van der Waals surface area contributed by atoms with Crippen LogP contribution in [0.15, 0.2) is 87.9 Å². The maximum atomic E-state index is 12.9. The monoisotopic (exact) mass is 483 g/mol. The van der Waals surface area contributed by atoms with E-state index in [0.29, 0.717) is 33.9 Å². The van der Waals surface area contributed by atoms with Crippen LogP contribution in [0.3, 0.4) is 0 Å². The van der Waals surface area contributed by atoms with Crippen LogP contribution in [-0.4, -0.2) is 34.0 Å². The Morgan fingerprint density at radius 1 is 1.09 bits per heavy atom. The first-order valence-electron chi connectivity index (χ1n) is 9.84. The van der Waals surface area contributed by atoms with Crippen LogP contribution in [-0.2, 0) is 11.2 Å². The van der Waals surface area contributed by atoms with E-state index in [0.717, 1.165) is 16.9 Å². The second kappa shape index (κ2) is 10.2. The van der Waals surface area contributed by atoms with Gasteiger partial charge in [-0.15, -0.1) is 11.7 Å². The molecule has 1 saturated heterocycles. The van der Waals surface area contributed by atoms with E-state index in [1.54, 1.807) is 23.1 Å². The first-order valence-corrected chi connectivity index (χ1v) is 11.5. The summed E-state index contributed by atoms with van der Waals surface area (Å²) < 4.78 is 5.81. The molecule has 0 aliphatic carbocycles. The van der Waals surface area contributed by atoms with E-state index in [1.165, 1.54) is 18.0 Å². The number of carbonyl (C=O) groups excluding carboxylic acids is 1. The van der Waals surface area contributed by atoms with Gasteiger partial charge in [-0.3, -0.25) is 9.69 Å². The molecule has 1 aliphatic heterocycles. The van der Waals surface area contributed by atoms with Gasteiger partial charge in [0.05, 0.1) is 21.5 Å². The molecule has 2 aromatic carbocycles. The fraction of sp³-hybridized carbons (Fsp3) is 0.125. The number of hydrogen-bond acceptors (Lipinski definition) is 5. The third-order valence-corrected chi connectivity index (χ3v) is 6.65. The number of rotatable bonds is 7. The van der Waals surface area contributed by atoms with Crippen molar-refractivity contribution in [2.45, 2.75) is 11.7 Å². The van der Waals surface area contributed by atoms with Gasteiger partial charge in [0.25, 0.3) is 0 Å². The predicted octanol–water partition coefficient (Wildman–Crippen LogP) is 6.32. The smallest absolute Gasteiger partial charge is 0.242 e. The summed E-state index contributed by atoms with van der Waals surface area (Å²) in [7, 11) is 0. The largest absolute Gasteiger partial charge is 0.455 e. The minimum absolute atomic E-state index is 0.0423. The highest BCUT2D eigenvalue weighted by Gasteiger charge is 2.37. The Hall–Kier alpha value is -2.80. The summed E-state index contributed by atoms with van der Waals surface area (Å²) in [6.45, 7) is 4.10. The van der Waals surface area contributed by atoms with Crippen molar-refractivity contribution in [1.82, 2.24) is 4.90 Å². The number of nitrogens with zero attached hydrogens (tertiary/aromatic N) is 3. The van der Waals surface area contributed by atoms with Gasteiger partial charge in [-0.1, -0.05) is 77.4 Å². The highest BCUT2D eigenvalue weighted by Crippen LogP contribution is 2.31. The molecule has 1 aliphatic rings. The predicted molar refractivity (Wildman–Crippen MR) is 133 cm³/mol. The number of hydrogen-bond donors (Lipinski definition) is 0. The van der Waals surface area contributed by atoms with Gasteiger partial charge in [-0.05, 0) is 36.2 Å². The summed E-state index contributed by atoms with van der Waals surface area (Å²) in [5.74, 6) is 1.28. The lowest BCUT2D eigenvalue weighted by atomic mass is 10.1. The van der Waals surface area contributed by atoms with E-state index in [-0.39, 0.29) is 11.2 Å². The first-order chi connectivity index (χ1) is 15.5. The molecule has 0 saturated carbocycles. The summed E-state index contributed by atoms with van der Waals surface area (Å²) in [4.78, 5) is 14.5. The lowest BCUT2D eigenvalue weighted by molar-refractivity contribution is -0.125. The van der Waals surface area contributed by atoms with Crippen molar-refractivity contribution >= 4 is 52.3 Å². The van der Waals surface area contributed by atoms with E-state index in [4.69, 9.17) is 27.6 Å². The molecule has 1 fully saturated rings. The molecule has 1 amide bonds. The van der Waals surface area contributed by atoms with Crippen LogP contribution in [0.25, 0.3) is 11.3 Å². The highest BCUT2D eigenvalue weighted by atomic mass is 35.5. The van der Waals surface area contributed by atoms with Crippen molar-refractivity contribution in [3.05, 3.63) is 94.7 Å². The number of carbonyl (C=O) groups is 1. The van der Waals surface area contributed by atoms with E-state index in [1.807, 2.05) is 48.5 Å². The number of amides is 1. The van der Waals surface area contributed by atoms with Gasteiger partial charge < -0.3 is 4.42 Å². The van der Waals surface area contributed by atoms with Gasteiger partial charge in [0, 0.05) is 12.1 Å². The van der Waals surface area contributed by atoms with Crippen LogP contribution in [0.2, 0.25) is 10.0 Å². The Morgan fingerprint density at radius 3 is 2.66 bits per heavy atom. The van der Waals surface area contributed by atoms with Gasteiger partial charge >= 0.3 is 0 Å². The summed E-state index contributed by atoms with van der Waals surface area (Å²) >= 11 is 13.5. The zero-order valence-electron chi connectivity index (χ0n) is 16.9. The standard InChI is InChI=1S/C24H19Cl2N3O2S/c1-2-12-29-23(30)22(14-16-8-10-19(25)20(26)13-16)32-24(29)28-27-15-18-9-11-21(31-18)17-6-4-3-5-7-17/h2-11,13,15,22H,1,12,14H2/b27-15+,28-24-. The average molecular weight is 484 g/mol. The average Bonchev–Trinajstić information content (AvgIpc) is 3.38. The van der Waals surface area contributed by atoms with Crippen molar-refractivity contribution in [2.75, 3.05) is 6.54 Å². The van der Waals surface area contributed by atoms with Crippen LogP contribution in [0.5, 0.6) is 0 Å². The molecule has 0 N–H and O–H groups in total. The molecule has 0 radical (unpaired) electrons. The van der Waals surface area contributed by atoms with Crippen molar-refractivity contribution in [3.63, 3.8) is 0 Å². The van der Waals surface area contributed by atoms with Crippen molar-refractivity contribution in [3.8, 4) is 11.3 Å². The second-order valence-corrected chi connectivity index (χ2v) is 8.98. The van der Waals surface area contributed by atoms with Crippen LogP contribution >= 0.6 is 35.0 Å².